The normalized spacial score (nSPS) is 12.8. The van der Waals surface area contributed by atoms with E-state index >= 15 is 0 Å². The van der Waals surface area contributed by atoms with Gasteiger partial charge >= 0.3 is 0 Å². The molecule has 2 aromatic rings. The summed E-state index contributed by atoms with van der Waals surface area (Å²) in [6.07, 6.45) is 0. The Morgan fingerprint density at radius 1 is 1.19 bits per heavy atom. The summed E-state index contributed by atoms with van der Waals surface area (Å²) < 4.78 is 30.8. The molecule has 21 heavy (non-hydrogen) atoms. The van der Waals surface area contributed by atoms with Gasteiger partial charge < -0.3 is 9.73 Å². The van der Waals surface area contributed by atoms with Gasteiger partial charge in [0.1, 0.15) is 11.5 Å². The summed E-state index contributed by atoms with van der Waals surface area (Å²) in [5.74, 6) is -0.853. The molecule has 1 N–H and O–H groups in total. The molecule has 0 spiro atoms. The Bertz CT molecular complexity index is 576. The maximum Gasteiger partial charge on any atom is 0.284 e. The van der Waals surface area contributed by atoms with E-state index in [9.17, 15) is 8.78 Å². The molecule has 1 atom stereocenters. The van der Waals surface area contributed by atoms with Crippen molar-refractivity contribution in [1.29, 1.82) is 0 Å². The molecule has 0 radical (unpaired) electrons. The summed E-state index contributed by atoms with van der Waals surface area (Å²) in [6, 6.07) is 11.7. The van der Waals surface area contributed by atoms with Crippen LogP contribution in [0.5, 0.6) is 0 Å². The largest absolute Gasteiger partial charge is 0.464 e. The molecular formula is C15H16BrF2NOS. The fraction of sp³-hybridized carbons (Fsp3) is 0.333. The van der Waals surface area contributed by atoms with Crippen LogP contribution >= 0.6 is 27.7 Å². The number of benzene rings is 1. The molecule has 0 fully saturated rings. The predicted molar refractivity (Wildman–Crippen MR) is 85.4 cm³/mol. The molecule has 0 aliphatic rings. The zero-order chi connectivity index (χ0) is 15.2. The second kappa shape index (κ2) is 7.96. The lowest BCUT2D eigenvalue weighted by Crippen LogP contribution is -2.18. The summed E-state index contributed by atoms with van der Waals surface area (Å²) in [6.45, 7) is 2.62. The van der Waals surface area contributed by atoms with Crippen LogP contribution in [0.2, 0.25) is 0 Å². The van der Waals surface area contributed by atoms with Crippen molar-refractivity contribution in [3.8, 4) is 0 Å². The van der Waals surface area contributed by atoms with Crippen molar-refractivity contribution in [2.45, 2.75) is 31.0 Å². The Balaban J connectivity index is 1.87. The second-order valence-corrected chi connectivity index (χ2v) is 6.40. The van der Waals surface area contributed by atoms with Gasteiger partial charge in [0.05, 0.1) is 12.3 Å². The zero-order valence-electron chi connectivity index (χ0n) is 11.5. The van der Waals surface area contributed by atoms with Crippen LogP contribution in [0.4, 0.5) is 8.78 Å². The van der Waals surface area contributed by atoms with Crippen molar-refractivity contribution in [2.75, 3.05) is 0 Å². The molecule has 1 heterocycles. The molecule has 2 rings (SSSR count). The number of rotatable bonds is 7. The van der Waals surface area contributed by atoms with E-state index in [4.69, 9.17) is 4.42 Å². The van der Waals surface area contributed by atoms with Gasteiger partial charge in [-0.1, -0.05) is 45.9 Å². The molecule has 6 heteroatoms. The Kier molecular flexibility index (Phi) is 6.26. The molecule has 0 saturated carbocycles. The van der Waals surface area contributed by atoms with Gasteiger partial charge in [-0.3, -0.25) is 0 Å². The summed E-state index contributed by atoms with van der Waals surface area (Å²) in [7, 11) is 0. The molecule has 0 aliphatic heterocycles. The van der Waals surface area contributed by atoms with Crippen LogP contribution in [0, 0.1) is 0 Å². The van der Waals surface area contributed by atoms with Gasteiger partial charge in [0.15, 0.2) is 0 Å². The van der Waals surface area contributed by atoms with Crippen molar-refractivity contribution in [1.82, 2.24) is 5.32 Å². The number of hydrogen-bond acceptors (Lipinski definition) is 3. The monoisotopic (exact) mass is 375 g/mol. The van der Waals surface area contributed by atoms with Gasteiger partial charge in [-0.25, -0.2) is 0 Å². The van der Waals surface area contributed by atoms with Crippen LogP contribution < -0.4 is 5.32 Å². The molecule has 1 aromatic heterocycles. The quantitative estimate of drug-likeness (QED) is 0.705. The highest BCUT2D eigenvalue weighted by Gasteiger charge is 2.10. The SMILES string of the molecule is CC(NCc1ccc(CSC(F)F)o1)c1ccccc1Br. The number of thioether (sulfide) groups is 1. The molecule has 1 unspecified atom stereocenters. The van der Waals surface area contributed by atoms with Crippen molar-refractivity contribution < 1.29 is 13.2 Å². The minimum atomic E-state index is -2.37. The standard InChI is InChI=1S/C15H16BrF2NOS/c1-10(13-4-2-3-5-14(13)16)19-8-11-6-7-12(20-11)9-21-15(17)18/h2-7,10,15,19H,8-9H2,1H3. The van der Waals surface area contributed by atoms with E-state index in [-0.39, 0.29) is 11.8 Å². The van der Waals surface area contributed by atoms with Gasteiger partial charge in [-0.2, -0.15) is 8.78 Å². The smallest absolute Gasteiger partial charge is 0.284 e. The maximum atomic E-state index is 12.1. The molecule has 0 amide bonds. The first kappa shape index (κ1) is 16.5. The number of halogens is 3. The van der Waals surface area contributed by atoms with E-state index < -0.39 is 5.76 Å². The minimum Gasteiger partial charge on any atom is -0.464 e. The van der Waals surface area contributed by atoms with Crippen LogP contribution in [0.1, 0.15) is 30.0 Å². The van der Waals surface area contributed by atoms with Crippen molar-refractivity contribution >= 4 is 27.7 Å². The van der Waals surface area contributed by atoms with Crippen molar-refractivity contribution in [3.05, 3.63) is 58.0 Å². The van der Waals surface area contributed by atoms with Gasteiger partial charge in [0.25, 0.3) is 5.76 Å². The van der Waals surface area contributed by atoms with E-state index in [2.05, 4.69) is 34.2 Å². The molecule has 1 aromatic carbocycles. The summed E-state index contributed by atoms with van der Waals surface area (Å²) in [5.41, 5.74) is 1.16. The van der Waals surface area contributed by atoms with Crippen LogP contribution in [0.3, 0.4) is 0 Å². The Hall–Kier alpha value is -0.850. The Labute approximate surface area is 135 Å². The lowest BCUT2D eigenvalue weighted by atomic mass is 10.1. The third-order valence-corrected chi connectivity index (χ3v) is 4.45. The van der Waals surface area contributed by atoms with Crippen molar-refractivity contribution in [3.63, 3.8) is 0 Å². The molecular weight excluding hydrogens is 360 g/mol. The van der Waals surface area contributed by atoms with Crippen LogP contribution in [-0.4, -0.2) is 5.76 Å². The molecule has 0 aliphatic carbocycles. The van der Waals surface area contributed by atoms with Crippen LogP contribution in [0.15, 0.2) is 45.3 Å². The van der Waals surface area contributed by atoms with Crippen molar-refractivity contribution in [2.24, 2.45) is 0 Å². The van der Waals surface area contributed by atoms with Crippen LogP contribution in [0.25, 0.3) is 0 Å². The lowest BCUT2D eigenvalue weighted by molar-refractivity contribution is 0.251. The average molecular weight is 376 g/mol. The third-order valence-electron chi connectivity index (χ3n) is 3.02. The van der Waals surface area contributed by atoms with E-state index in [1.165, 1.54) is 0 Å². The minimum absolute atomic E-state index is 0.157. The molecule has 2 nitrogen and oxygen atoms in total. The number of alkyl halides is 2. The van der Waals surface area contributed by atoms with E-state index in [1.54, 1.807) is 6.07 Å². The maximum absolute atomic E-state index is 12.1. The first-order chi connectivity index (χ1) is 10.1. The zero-order valence-corrected chi connectivity index (χ0v) is 13.9. The highest BCUT2D eigenvalue weighted by atomic mass is 79.9. The predicted octanol–water partition coefficient (Wildman–Crippen LogP) is 5.35. The van der Waals surface area contributed by atoms with Crippen LogP contribution in [-0.2, 0) is 12.3 Å². The van der Waals surface area contributed by atoms with Gasteiger partial charge in [-0.05, 0) is 30.7 Å². The van der Waals surface area contributed by atoms with Gasteiger partial charge in [0, 0.05) is 10.5 Å². The Morgan fingerprint density at radius 3 is 2.62 bits per heavy atom. The fourth-order valence-corrected chi connectivity index (χ4v) is 3.00. The summed E-state index contributed by atoms with van der Waals surface area (Å²) in [5, 5.41) is 3.36. The molecule has 0 bridgehead atoms. The summed E-state index contributed by atoms with van der Waals surface area (Å²) >= 11 is 4.09. The molecule has 0 saturated heterocycles. The highest BCUT2D eigenvalue weighted by molar-refractivity contribution is 9.10. The topological polar surface area (TPSA) is 25.2 Å². The average Bonchev–Trinajstić information content (AvgIpc) is 2.91. The van der Waals surface area contributed by atoms with Gasteiger partial charge in [0.2, 0.25) is 0 Å². The highest BCUT2D eigenvalue weighted by Crippen LogP contribution is 2.24. The molecule has 114 valence electrons. The Morgan fingerprint density at radius 2 is 1.90 bits per heavy atom. The number of nitrogens with one attached hydrogen (secondary N) is 1. The lowest BCUT2D eigenvalue weighted by Gasteiger charge is -2.14. The number of hydrogen-bond donors (Lipinski definition) is 1. The fourth-order valence-electron chi connectivity index (χ4n) is 1.93. The van der Waals surface area contributed by atoms with Gasteiger partial charge in [-0.15, -0.1) is 0 Å². The number of furan rings is 1. The van der Waals surface area contributed by atoms with E-state index in [0.29, 0.717) is 24.1 Å². The first-order valence-corrected chi connectivity index (χ1v) is 8.35. The van der Waals surface area contributed by atoms with E-state index in [0.717, 1.165) is 15.8 Å². The second-order valence-electron chi connectivity index (χ2n) is 4.56. The van der Waals surface area contributed by atoms with E-state index in [1.807, 2.05) is 24.3 Å². The summed E-state index contributed by atoms with van der Waals surface area (Å²) in [4.78, 5) is 0. The first-order valence-electron chi connectivity index (χ1n) is 6.51. The third kappa shape index (κ3) is 5.13.